The van der Waals surface area contributed by atoms with Gasteiger partial charge >= 0.3 is 0 Å². The number of rotatable bonds is 7. The minimum absolute atomic E-state index is 0.0511. The Balaban J connectivity index is 1.03. The number of aliphatic imine (C=N–C) groups is 1. The molecular formula is C65H49N3O. The molecule has 0 aliphatic carbocycles. The van der Waals surface area contributed by atoms with Gasteiger partial charge in [-0.25, -0.2) is 0 Å². The molecule has 9 aromatic carbocycles. The number of fused-ring (bicyclic) bond motifs is 10. The molecule has 2 unspecified atom stereocenters. The van der Waals surface area contributed by atoms with Crippen LogP contribution in [0.4, 0.5) is 0 Å². The van der Waals surface area contributed by atoms with Gasteiger partial charge in [-0.2, -0.15) is 0 Å². The van der Waals surface area contributed by atoms with Crippen molar-refractivity contribution in [3.63, 3.8) is 0 Å². The maximum absolute atomic E-state index is 6.50. The predicted octanol–water partition coefficient (Wildman–Crippen LogP) is 17.4. The van der Waals surface area contributed by atoms with Gasteiger partial charge in [-0.05, 0) is 107 Å². The molecule has 69 heavy (non-hydrogen) atoms. The Morgan fingerprint density at radius 3 is 1.84 bits per heavy atom. The molecule has 0 saturated heterocycles. The molecule has 1 aliphatic heterocycles. The third-order valence-corrected chi connectivity index (χ3v) is 14.8. The van der Waals surface area contributed by atoms with E-state index in [2.05, 4.69) is 242 Å². The lowest BCUT2D eigenvalue weighted by Crippen LogP contribution is -2.18. The third kappa shape index (κ3) is 6.62. The first-order chi connectivity index (χ1) is 34.0. The van der Waals surface area contributed by atoms with Gasteiger partial charge < -0.3 is 13.6 Å². The van der Waals surface area contributed by atoms with Gasteiger partial charge in [0.1, 0.15) is 11.2 Å². The second-order valence-corrected chi connectivity index (χ2v) is 18.6. The second-order valence-electron chi connectivity index (χ2n) is 18.6. The summed E-state index contributed by atoms with van der Waals surface area (Å²) >= 11 is 0. The zero-order chi connectivity index (χ0) is 46.2. The van der Waals surface area contributed by atoms with Crippen molar-refractivity contribution in [3.8, 4) is 22.5 Å². The molecule has 0 N–H and O–H groups in total. The molecule has 13 rings (SSSR count). The van der Waals surface area contributed by atoms with E-state index in [0.29, 0.717) is 0 Å². The second kappa shape index (κ2) is 16.4. The number of allylic oxidation sites excluding steroid dienone is 3. The van der Waals surface area contributed by atoms with E-state index in [-0.39, 0.29) is 11.8 Å². The van der Waals surface area contributed by atoms with Crippen molar-refractivity contribution in [1.29, 1.82) is 0 Å². The zero-order valence-electron chi connectivity index (χ0n) is 38.9. The van der Waals surface area contributed by atoms with Crippen LogP contribution >= 0.6 is 0 Å². The number of furan rings is 1. The van der Waals surface area contributed by atoms with E-state index in [9.17, 15) is 0 Å². The van der Waals surface area contributed by atoms with Crippen molar-refractivity contribution in [2.45, 2.75) is 27.2 Å². The van der Waals surface area contributed by atoms with Crippen molar-refractivity contribution in [3.05, 3.63) is 241 Å². The minimum Gasteiger partial charge on any atom is -0.456 e. The Labute approximate surface area is 401 Å². The fourth-order valence-corrected chi connectivity index (χ4v) is 11.2. The first-order valence-corrected chi connectivity index (χ1v) is 24.2. The molecule has 0 spiro atoms. The summed E-state index contributed by atoms with van der Waals surface area (Å²) in [5, 5.41) is 7.21. The molecular weight excluding hydrogens is 839 g/mol. The lowest BCUT2D eigenvalue weighted by atomic mass is 9.80. The molecule has 0 amide bonds. The predicted molar refractivity (Wildman–Crippen MR) is 291 cm³/mol. The van der Waals surface area contributed by atoms with Gasteiger partial charge in [0.05, 0.1) is 33.5 Å². The van der Waals surface area contributed by atoms with Gasteiger partial charge in [-0.15, -0.1) is 0 Å². The summed E-state index contributed by atoms with van der Waals surface area (Å²) in [4.78, 5) is 5.86. The summed E-state index contributed by atoms with van der Waals surface area (Å²) in [6.45, 7) is 6.92. The Kier molecular flexibility index (Phi) is 9.69. The van der Waals surface area contributed by atoms with Gasteiger partial charge in [0.2, 0.25) is 0 Å². The zero-order valence-corrected chi connectivity index (χ0v) is 38.9. The van der Waals surface area contributed by atoms with Crippen LogP contribution in [0.3, 0.4) is 0 Å². The number of benzene rings is 9. The maximum Gasteiger partial charge on any atom is 0.136 e. The topological polar surface area (TPSA) is 35.4 Å². The van der Waals surface area contributed by atoms with E-state index in [4.69, 9.17) is 9.41 Å². The molecule has 3 aromatic heterocycles. The Morgan fingerprint density at radius 2 is 1.06 bits per heavy atom. The summed E-state index contributed by atoms with van der Waals surface area (Å²) in [5.74, 6) is 0.109. The largest absolute Gasteiger partial charge is 0.456 e. The molecule has 0 fully saturated rings. The smallest absolute Gasteiger partial charge is 0.136 e. The highest BCUT2D eigenvalue weighted by Gasteiger charge is 2.27. The molecule has 4 heterocycles. The van der Waals surface area contributed by atoms with Crippen LogP contribution in [0.2, 0.25) is 0 Å². The lowest BCUT2D eigenvalue weighted by molar-refractivity contribution is 0.668. The van der Waals surface area contributed by atoms with Gasteiger partial charge in [0, 0.05) is 61.1 Å². The molecule has 4 heteroatoms. The highest BCUT2D eigenvalue weighted by molar-refractivity contribution is 6.26. The number of para-hydroxylation sites is 4. The van der Waals surface area contributed by atoms with E-state index in [0.717, 1.165) is 62.3 Å². The van der Waals surface area contributed by atoms with Gasteiger partial charge in [-0.1, -0.05) is 172 Å². The average molecular weight is 888 g/mol. The molecule has 330 valence electrons. The van der Waals surface area contributed by atoms with Crippen LogP contribution in [0, 0.1) is 11.8 Å². The highest BCUT2D eigenvalue weighted by Crippen LogP contribution is 2.44. The van der Waals surface area contributed by atoms with E-state index >= 15 is 0 Å². The molecule has 1 aliphatic rings. The van der Waals surface area contributed by atoms with Crippen molar-refractivity contribution in [2.75, 3.05) is 0 Å². The van der Waals surface area contributed by atoms with Gasteiger partial charge in [0.25, 0.3) is 0 Å². The van der Waals surface area contributed by atoms with Crippen LogP contribution < -0.4 is 0 Å². The van der Waals surface area contributed by atoms with E-state index in [1.54, 1.807) is 0 Å². The third-order valence-electron chi connectivity index (χ3n) is 14.8. The van der Waals surface area contributed by atoms with Crippen molar-refractivity contribution < 1.29 is 4.42 Å². The lowest BCUT2D eigenvalue weighted by Gasteiger charge is -2.27. The first-order valence-electron chi connectivity index (χ1n) is 24.2. The van der Waals surface area contributed by atoms with Crippen molar-refractivity contribution in [1.82, 2.24) is 9.13 Å². The van der Waals surface area contributed by atoms with Crippen LogP contribution in [0.25, 0.3) is 99.3 Å². The number of hydrogen-bond acceptors (Lipinski definition) is 2. The van der Waals surface area contributed by atoms with Crippen molar-refractivity contribution in [2.24, 2.45) is 16.8 Å². The Bertz CT molecular complexity index is 4070. The van der Waals surface area contributed by atoms with Crippen LogP contribution in [0.1, 0.15) is 43.9 Å². The van der Waals surface area contributed by atoms with Gasteiger partial charge in [0.15, 0.2) is 0 Å². The fourth-order valence-electron chi connectivity index (χ4n) is 11.2. The van der Waals surface area contributed by atoms with Crippen LogP contribution in [-0.4, -0.2) is 14.8 Å². The summed E-state index contributed by atoms with van der Waals surface area (Å²) in [5.41, 5.74) is 19.1. The molecule has 0 saturated carbocycles. The number of hydrogen-bond donors (Lipinski definition) is 0. The Hall–Kier alpha value is -8.47. The first kappa shape index (κ1) is 40.8. The van der Waals surface area contributed by atoms with Crippen LogP contribution in [0.15, 0.2) is 233 Å². The van der Waals surface area contributed by atoms with Gasteiger partial charge in [-0.3, -0.25) is 4.99 Å². The highest BCUT2D eigenvalue weighted by atomic mass is 16.3. The average Bonchev–Trinajstić information content (AvgIpc) is 4.07. The number of aromatic nitrogens is 2. The molecule has 0 bridgehead atoms. The minimum atomic E-state index is 0.0511. The molecule has 0 radical (unpaired) electrons. The standard InChI is InChI=1S/C65H49N3O/c1-4-43-39-56(47-34-35-53-52-25-13-16-29-60(52)69-61(53)40-47)41(2)42(3)63(66-64(43)46-32-30-45(31-33-46)44-18-7-5-8-19-44)48-20-17-23-50(38-48)68-57-27-14-11-24-51(57)54-36-37-59-62(65(54)68)55-26-12-15-28-58(55)67(59)49-21-9-6-10-22-49/h5-41,43H,4H2,1-3H3/b56-39+,63-42?,66-64?. The van der Waals surface area contributed by atoms with Crippen molar-refractivity contribution >= 4 is 82.5 Å². The SMILES string of the molecule is CCC1/C=C(/c2ccc3c(c2)oc2ccccc23)C(C)C(C)=C(c2cccc(-n3c4ccccc4c4ccc5c(c6ccccc6n5-c5ccccc5)c43)c2)N=C1c1ccc(-c2ccccc2)cc1. The molecule has 2 atom stereocenters. The van der Waals surface area contributed by atoms with E-state index < -0.39 is 0 Å². The summed E-state index contributed by atoms with van der Waals surface area (Å²) < 4.78 is 11.4. The monoisotopic (exact) mass is 887 g/mol. The normalized spacial score (nSPS) is 16.4. The van der Waals surface area contributed by atoms with Crippen LogP contribution in [0.5, 0.6) is 0 Å². The Morgan fingerprint density at radius 1 is 0.464 bits per heavy atom. The van der Waals surface area contributed by atoms with E-state index in [1.807, 2.05) is 6.07 Å². The fraction of sp³-hybridized carbons (Fsp3) is 0.0923. The maximum atomic E-state index is 6.50. The quantitative estimate of drug-likeness (QED) is 0.157. The van der Waals surface area contributed by atoms with E-state index in [1.165, 1.54) is 71.4 Å². The van der Waals surface area contributed by atoms with Crippen LogP contribution in [-0.2, 0) is 0 Å². The molecule has 12 aromatic rings. The summed E-state index contributed by atoms with van der Waals surface area (Å²) in [7, 11) is 0. The summed E-state index contributed by atoms with van der Waals surface area (Å²) in [6.07, 6.45) is 3.38. The summed E-state index contributed by atoms with van der Waals surface area (Å²) in [6, 6.07) is 77.0. The molecule has 4 nitrogen and oxygen atoms in total. The number of nitrogens with zero attached hydrogens (tertiary/aromatic N) is 3.